The van der Waals surface area contributed by atoms with Gasteiger partial charge in [-0.1, -0.05) is 130 Å². The maximum absolute atomic E-state index is 10.3. The number of aryl methyl sites for hydroxylation is 5. The van der Waals surface area contributed by atoms with Gasteiger partial charge in [-0.05, 0) is 127 Å². The molecule has 4 aromatic rings. The fourth-order valence-corrected chi connectivity index (χ4v) is 11.0. The summed E-state index contributed by atoms with van der Waals surface area (Å²) in [6.45, 7) is 20.4. The Morgan fingerprint density at radius 3 is 1.70 bits per heavy atom. The number of hydrogen-bond acceptors (Lipinski definition) is 4. The standard InChI is InChI=1S/C26H36N2.C22H34O2Si/c1-6-11-12-26(28-25-16-14-21(8-3)23(10-5)18-25)19-27-24-15-13-20(7-2)22(9-4)17-24;1-5-9-10-11-17-12-13-19-18(14-15-21(23)22(19)24)20(17)16-25(6-2,7-3)8-4/h13-19H,6-12H2,1-5H3;12-15,23-24H,5-11,16H2,1-4H3. The molecular weight excluding hydrogens is 665 g/mol. The molecule has 0 aromatic heterocycles. The summed E-state index contributed by atoms with van der Waals surface area (Å²) in [6, 6.07) is 26.1. The molecule has 0 heterocycles. The van der Waals surface area contributed by atoms with Gasteiger partial charge in [0.1, 0.15) is 0 Å². The number of aromatic hydroxyl groups is 2. The van der Waals surface area contributed by atoms with Crippen LogP contribution in [0.4, 0.5) is 11.4 Å². The molecule has 0 amide bonds. The van der Waals surface area contributed by atoms with Gasteiger partial charge in [0.05, 0.1) is 25.2 Å². The predicted molar refractivity (Wildman–Crippen MR) is 237 cm³/mol. The van der Waals surface area contributed by atoms with Crippen molar-refractivity contribution in [3.05, 3.63) is 94.0 Å². The third kappa shape index (κ3) is 12.2. The summed E-state index contributed by atoms with van der Waals surface area (Å²) in [6.07, 6.45) is 14.3. The SMILES string of the molecule is CCCCC(C=Nc1ccc(CC)c(CC)c1)=Nc1ccc(CC)c(CC)c1.CCCCCc1ccc2c(O)c(O)ccc2c1C[Si](CC)(CC)CC. The molecular formula is C48H70N2O2Si. The fraction of sp³-hybridized carbons (Fsp3) is 0.500. The van der Waals surface area contributed by atoms with Crippen LogP contribution in [0.1, 0.15) is 134 Å². The average Bonchev–Trinajstić information content (AvgIpc) is 3.19. The second kappa shape index (κ2) is 22.5. The number of aliphatic imine (C=N–C) groups is 2. The van der Waals surface area contributed by atoms with Gasteiger partial charge in [-0.25, -0.2) is 0 Å². The van der Waals surface area contributed by atoms with Crippen LogP contribution >= 0.6 is 0 Å². The Bertz CT molecular complexity index is 1780. The summed E-state index contributed by atoms with van der Waals surface area (Å²) in [5, 5.41) is 22.1. The Balaban J connectivity index is 0.000000287. The van der Waals surface area contributed by atoms with Crippen molar-refractivity contribution in [3.8, 4) is 11.5 Å². The zero-order valence-corrected chi connectivity index (χ0v) is 35.7. The number of fused-ring (bicyclic) bond motifs is 1. The minimum absolute atomic E-state index is 0.0237. The molecule has 0 fully saturated rings. The van der Waals surface area contributed by atoms with Gasteiger partial charge in [0.25, 0.3) is 0 Å². The first-order valence-electron chi connectivity index (χ1n) is 21.0. The van der Waals surface area contributed by atoms with Crippen molar-refractivity contribution in [3.63, 3.8) is 0 Å². The highest BCUT2D eigenvalue weighted by Gasteiger charge is 2.29. The Kier molecular flexibility index (Phi) is 18.6. The number of benzene rings is 4. The molecule has 0 aliphatic carbocycles. The first kappa shape index (κ1) is 43.7. The molecule has 4 aromatic carbocycles. The summed E-state index contributed by atoms with van der Waals surface area (Å²) in [7, 11) is -1.33. The molecule has 0 aliphatic rings. The molecule has 0 spiro atoms. The van der Waals surface area contributed by atoms with Gasteiger partial charge in [-0.2, -0.15) is 0 Å². The zero-order chi connectivity index (χ0) is 38.8. The van der Waals surface area contributed by atoms with Crippen LogP contribution in [-0.2, 0) is 38.1 Å². The maximum atomic E-state index is 10.3. The van der Waals surface area contributed by atoms with E-state index in [1.54, 1.807) is 6.07 Å². The number of phenolic OH excluding ortho intramolecular Hbond substituents is 2. The summed E-state index contributed by atoms with van der Waals surface area (Å²) >= 11 is 0. The molecule has 0 saturated carbocycles. The first-order chi connectivity index (χ1) is 25.7. The van der Waals surface area contributed by atoms with Gasteiger partial charge in [0, 0.05) is 11.6 Å². The largest absolute Gasteiger partial charge is 0.504 e. The van der Waals surface area contributed by atoms with Crippen LogP contribution in [0.3, 0.4) is 0 Å². The summed E-state index contributed by atoms with van der Waals surface area (Å²) in [5.74, 6) is -0.00205. The predicted octanol–water partition coefficient (Wildman–Crippen LogP) is 14.2. The highest BCUT2D eigenvalue weighted by Crippen LogP contribution is 2.38. The summed E-state index contributed by atoms with van der Waals surface area (Å²) in [4.78, 5) is 9.70. The quantitative estimate of drug-likeness (QED) is 0.0436. The minimum Gasteiger partial charge on any atom is -0.504 e. The van der Waals surface area contributed by atoms with E-state index < -0.39 is 8.07 Å². The van der Waals surface area contributed by atoms with E-state index in [1.165, 1.54) is 76.8 Å². The lowest BCUT2D eigenvalue weighted by Gasteiger charge is -2.30. The molecule has 0 atom stereocenters. The second-order valence-electron chi connectivity index (χ2n) is 14.7. The number of phenols is 2. The topological polar surface area (TPSA) is 65.2 Å². The second-order valence-corrected chi connectivity index (χ2v) is 20.2. The van der Waals surface area contributed by atoms with Crippen LogP contribution in [0.25, 0.3) is 10.8 Å². The number of rotatable bonds is 19. The van der Waals surface area contributed by atoms with Crippen molar-refractivity contribution in [1.29, 1.82) is 0 Å². The zero-order valence-electron chi connectivity index (χ0n) is 34.7. The van der Waals surface area contributed by atoms with E-state index in [-0.39, 0.29) is 11.5 Å². The van der Waals surface area contributed by atoms with E-state index in [2.05, 4.69) is 105 Å². The van der Waals surface area contributed by atoms with E-state index in [4.69, 9.17) is 9.98 Å². The lowest BCUT2D eigenvalue weighted by atomic mass is 9.95. The van der Waals surface area contributed by atoms with Crippen molar-refractivity contribution in [2.45, 2.75) is 157 Å². The normalized spacial score (nSPS) is 12.1. The van der Waals surface area contributed by atoms with Crippen LogP contribution in [-0.4, -0.2) is 30.2 Å². The van der Waals surface area contributed by atoms with Crippen LogP contribution in [0, 0.1) is 0 Å². The molecule has 5 heteroatoms. The first-order valence-corrected chi connectivity index (χ1v) is 23.8. The highest BCUT2D eigenvalue weighted by molar-refractivity contribution is 6.79. The van der Waals surface area contributed by atoms with Crippen LogP contribution in [0.5, 0.6) is 11.5 Å². The lowest BCUT2D eigenvalue weighted by Crippen LogP contribution is -2.35. The Morgan fingerprint density at radius 1 is 0.585 bits per heavy atom. The van der Waals surface area contributed by atoms with Crippen molar-refractivity contribution >= 4 is 42.1 Å². The molecule has 2 N–H and O–H groups in total. The molecule has 0 unspecified atom stereocenters. The molecule has 0 saturated heterocycles. The molecule has 4 rings (SSSR count). The van der Waals surface area contributed by atoms with Crippen molar-refractivity contribution in [2.75, 3.05) is 0 Å². The van der Waals surface area contributed by atoms with E-state index in [1.807, 2.05) is 18.3 Å². The number of nitrogens with zero attached hydrogens (tertiary/aromatic N) is 2. The Hall–Kier alpha value is -3.70. The van der Waals surface area contributed by atoms with Gasteiger partial charge >= 0.3 is 0 Å². The third-order valence-corrected chi connectivity index (χ3v) is 17.1. The van der Waals surface area contributed by atoms with E-state index >= 15 is 0 Å². The van der Waals surface area contributed by atoms with E-state index in [0.717, 1.165) is 79.2 Å². The summed E-state index contributed by atoms with van der Waals surface area (Å²) < 4.78 is 0. The molecule has 0 radical (unpaired) electrons. The van der Waals surface area contributed by atoms with Gasteiger partial charge in [0.15, 0.2) is 11.5 Å². The molecule has 288 valence electrons. The van der Waals surface area contributed by atoms with Crippen molar-refractivity contribution < 1.29 is 10.2 Å². The van der Waals surface area contributed by atoms with Crippen LogP contribution in [0.2, 0.25) is 18.1 Å². The van der Waals surface area contributed by atoms with Gasteiger partial charge in [-0.15, -0.1) is 0 Å². The van der Waals surface area contributed by atoms with Gasteiger partial charge in [0.2, 0.25) is 0 Å². The molecule has 4 nitrogen and oxygen atoms in total. The number of unbranched alkanes of at least 4 members (excludes halogenated alkanes) is 3. The van der Waals surface area contributed by atoms with Crippen molar-refractivity contribution in [2.24, 2.45) is 9.98 Å². The Morgan fingerprint density at radius 2 is 1.13 bits per heavy atom. The summed E-state index contributed by atoms with van der Waals surface area (Å²) in [5.41, 5.74) is 11.6. The third-order valence-electron chi connectivity index (χ3n) is 11.5. The molecule has 0 bridgehead atoms. The van der Waals surface area contributed by atoms with Gasteiger partial charge in [-0.3, -0.25) is 9.98 Å². The molecule has 53 heavy (non-hydrogen) atoms. The van der Waals surface area contributed by atoms with Gasteiger partial charge < -0.3 is 10.2 Å². The average molecular weight is 735 g/mol. The minimum atomic E-state index is -1.33. The smallest absolute Gasteiger partial charge is 0.165 e. The lowest BCUT2D eigenvalue weighted by molar-refractivity contribution is 0.408. The highest BCUT2D eigenvalue weighted by atomic mass is 28.3. The van der Waals surface area contributed by atoms with E-state index in [9.17, 15) is 10.2 Å². The Labute approximate surface area is 323 Å². The number of hydrogen-bond donors (Lipinski definition) is 2. The molecule has 0 aliphatic heterocycles. The van der Waals surface area contributed by atoms with E-state index in [0.29, 0.717) is 0 Å². The fourth-order valence-electron chi connectivity index (χ4n) is 7.54. The monoisotopic (exact) mass is 735 g/mol. The van der Waals surface area contributed by atoms with Crippen LogP contribution in [0.15, 0.2) is 70.6 Å². The van der Waals surface area contributed by atoms with Crippen LogP contribution < -0.4 is 0 Å². The van der Waals surface area contributed by atoms with Crippen molar-refractivity contribution in [1.82, 2.24) is 0 Å². The maximum Gasteiger partial charge on any atom is 0.165 e.